The van der Waals surface area contributed by atoms with Gasteiger partial charge in [0.25, 0.3) is 0 Å². The predicted octanol–water partition coefficient (Wildman–Crippen LogP) is 2.81. The molecule has 0 spiro atoms. The van der Waals surface area contributed by atoms with Crippen LogP contribution in [-0.4, -0.2) is 34.9 Å². The van der Waals surface area contributed by atoms with Crippen molar-refractivity contribution in [3.63, 3.8) is 0 Å². The van der Waals surface area contributed by atoms with Crippen LogP contribution in [0, 0.1) is 0 Å². The van der Waals surface area contributed by atoms with E-state index in [4.69, 9.17) is 4.74 Å². The van der Waals surface area contributed by atoms with Gasteiger partial charge in [0.1, 0.15) is 5.54 Å². The van der Waals surface area contributed by atoms with E-state index in [9.17, 15) is 9.90 Å². The van der Waals surface area contributed by atoms with Crippen LogP contribution in [0.3, 0.4) is 0 Å². The Morgan fingerprint density at radius 1 is 1.33 bits per heavy atom. The van der Waals surface area contributed by atoms with Gasteiger partial charge in [-0.25, -0.2) is 0 Å². The lowest BCUT2D eigenvalue weighted by molar-refractivity contribution is -0.148. The third-order valence-corrected chi connectivity index (χ3v) is 3.30. The van der Waals surface area contributed by atoms with Gasteiger partial charge in [-0.15, -0.1) is 0 Å². The maximum atomic E-state index is 11.4. The van der Waals surface area contributed by atoms with Gasteiger partial charge in [0, 0.05) is 6.42 Å². The molecule has 0 saturated heterocycles. The van der Waals surface area contributed by atoms with Crippen LogP contribution < -0.4 is 5.32 Å². The molecule has 2 N–H and O–H groups in total. The fraction of sp³-hybridized carbons (Fsp3) is 0.929. The summed E-state index contributed by atoms with van der Waals surface area (Å²) in [5.74, 6) is -0.819. The zero-order valence-electron chi connectivity index (χ0n) is 12.7. The summed E-state index contributed by atoms with van der Waals surface area (Å²) in [7, 11) is 0. The average molecular weight is 259 g/mol. The molecule has 0 rings (SSSR count). The van der Waals surface area contributed by atoms with Crippen molar-refractivity contribution >= 4 is 5.97 Å². The number of hydrogen-bond acceptors (Lipinski definition) is 3. The zero-order valence-corrected chi connectivity index (χ0v) is 12.7. The topological polar surface area (TPSA) is 58.6 Å². The van der Waals surface area contributed by atoms with Crippen molar-refractivity contribution < 1.29 is 14.6 Å². The minimum Gasteiger partial charge on any atom is -0.480 e. The van der Waals surface area contributed by atoms with E-state index in [1.807, 2.05) is 27.7 Å². The quantitative estimate of drug-likeness (QED) is 0.668. The van der Waals surface area contributed by atoms with Crippen LogP contribution in [0.2, 0.25) is 0 Å². The molecular weight excluding hydrogens is 230 g/mol. The van der Waals surface area contributed by atoms with Crippen molar-refractivity contribution in [1.82, 2.24) is 5.32 Å². The number of carbonyl (C=O) groups is 1. The molecule has 0 fully saturated rings. The van der Waals surface area contributed by atoms with E-state index in [2.05, 4.69) is 12.2 Å². The largest absolute Gasteiger partial charge is 0.480 e. The van der Waals surface area contributed by atoms with Gasteiger partial charge < -0.3 is 15.2 Å². The molecule has 0 bridgehead atoms. The van der Waals surface area contributed by atoms with Gasteiger partial charge in [-0.1, -0.05) is 13.8 Å². The Balaban J connectivity index is 4.54. The van der Waals surface area contributed by atoms with E-state index in [1.165, 1.54) is 0 Å². The van der Waals surface area contributed by atoms with Crippen LogP contribution in [0.15, 0.2) is 0 Å². The molecule has 0 aromatic carbocycles. The van der Waals surface area contributed by atoms with E-state index in [-0.39, 0.29) is 11.7 Å². The highest BCUT2D eigenvalue weighted by Gasteiger charge is 2.35. The van der Waals surface area contributed by atoms with E-state index in [1.54, 1.807) is 6.92 Å². The number of ether oxygens (including phenoxy) is 1. The summed E-state index contributed by atoms with van der Waals surface area (Å²) in [5, 5.41) is 12.4. The minimum atomic E-state index is -0.917. The number of nitrogens with one attached hydrogen (secondary N) is 1. The maximum Gasteiger partial charge on any atom is 0.323 e. The first-order chi connectivity index (χ1) is 8.17. The van der Waals surface area contributed by atoms with Crippen LogP contribution >= 0.6 is 0 Å². The fourth-order valence-electron chi connectivity index (χ4n) is 1.88. The van der Waals surface area contributed by atoms with Gasteiger partial charge in [-0.2, -0.15) is 0 Å². The number of carboxylic acid groups (broad SMARTS) is 1. The number of carboxylic acids is 1. The van der Waals surface area contributed by atoms with Crippen LogP contribution in [0.1, 0.15) is 60.8 Å². The van der Waals surface area contributed by atoms with Gasteiger partial charge in [0.15, 0.2) is 0 Å². The molecule has 108 valence electrons. The highest BCUT2D eigenvalue weighted by Crippen LogP contribution is 2.22. The summed E-state index contributed by atoms with van der Waals surface area (Å²) in [5.41, 5.74) is -1.12. The summed E-state index contributed by atoms with van der Waals surface area (Å²) in [6.07, 6.45) is 2.19. The smallest absolute Gasteiger partial charge is 0.323 e. The molecule has 2 unspecified atom stereocenters. The van der Waals surface area contributed by atoms with Crippen molar-refractivity contribution in [2.45, 2.75) is 78.0 Å². The highest BCUT2D eigenvalue weighted by atomic mass is 16.5. The van der Waals surface area contributed by atoms with Gasteiger partial charge in [0.2, 0.25) is 0 Å². The lowest BCUT2D eigenvalue weighted by Crippen LogP contribution is -2.52. The molecule has 0 aromatic rings. The molecule has 0 saturated carbocycles. The van der Waals surface area contributed by atoms with E-state index >= 15 is 0 Å². The molecule has 0 heterocycles. The van der Waals surface area contributed by atoms with Crippen molar-refractivity contribution in [2.75, 3.05) is 6.54 Å². The molecule has 0 aliphatic rings. The normalized spacial score (nSPS) is 17.2. The lowest BCUT2D eigenvalue weighted by atomic mass is 9.94. The summed E-state index contributed by atoms with van der Waals surface area (Å²) >= 11 is 0. The Kier molecular flexibility index (Phi) is 6.86. The second-order valence-corrected chi connectivity index (χ2v) is 5.81. The van der Waals surface area contributed by atoms with Gasteiger partial charge in [-0.3, -0.25) is 4.79 Å². The molecule has 4 nitrogen and oxygen atoms in total. The highest BCUT2D eigenvalue weighted by molar-refractivity contribution is 5.78. The minimum absolute atomic E-state index is 0.0922. The summed E-state index contributed by atoms with van der Waals surface area (Å²) < 4.78 is 5.91. The Morgan fingerprint density at radius 2 is 1.89 bits per heavy atom. The molecule has 0 aromatic heterocycles. The molecule has 0 amide bonds. The summed E-state index contributed by atoms with van der Waals surface area (Å²) in [4.78, 5) is 11.4. The Labute approximate surface area is 111 Å². The molecular formula is C14H29NO3. The molecule has 0 radical (unpaired) electrons. The molecule has 0 aliphatic carbocycles. The second kappa shape index (κ2) is 7.10. The van der Waals surface area contributed by atoms with Gasteiger partial charge in [-0.05, 0) is 47.1 Å². The van der Waals surface area contributed by atoms with E-state index in [0.29, 0.717) is 13.0 Å². The van der Waals surface area contributed by atoms with Crippen molar-refractivity contribution in [1.29, 1.82) is 0 Å². The first-order valence-corrected chi connectivity index (χ1v) is 6.83. The summed E-state index contributed by atoms with van der Waals surface area (Å²) in [6.45, 7) is 12.5. The van der Waals surface area contributed by atoms with Crippen LogP contribution in [0.4, 0.5) is 0 Å². The number of hydrogen-bond donors (Lipinski definition) is 2. The van der Waals surface area contributed by atoms with Crippen molar-refractivity contribution in [2.24, 2.45) is 0 Å². The van der Waals surface area contributed by atoms with Gasteiger partial charge in [0.05, 0.1) is 11.7 Å². The predicted molar refractivity (Wildman–Crippen MR) is 73.9 cm³/mol. The Bertz CT molecular complexity index is 266. The number of rotatable bonds is 9. The monoisotopic (exact) mass is 259 g/mol. The third-order valence-electron chi connectivity index (χ3n) is 3.30. The fourth-order valence-corrected chi connectivity index (χ4v) is 1.88. The number of aliphatic carboxylic acids is 1. The van der Waals surface area contributed by atoms with Crippen LogP contribution in [0.5, 0.6) is 0 Å². The van der Waals surface area contributed by atoms with Crippen LogP contribution in [0.25, 0.3) is 0 Å². The molecule has 4 heteroatoms. The molecule has 18 heavy (non-hydrogen) atoms. The van der Waals surface area contributed by atoms with E-state index < -0.39 is 11.5 Å². The SMILES string of the molecule is CCCNC(C)(CC(C)OC(C)(C)CC)C(=O)O. The Morgan fingerprint density at radius 3 is 2.28 bits per heavy atom. The maximum absolute atomic E-state index is 11.4. The van der Waals surface area contributed by atoms with Crippen molar-refractivity contribution in [3.8, 4) is 0 Å². The van der Waals surface area contributed by atoms with Crippen molar-refractivity contribution in [3.05, 3.63) is 0 Å². The first kappa shape index (κ1) is 17.4. The average Bonchev–Trinajstić information content (AvgIpc) is 2.25. The van der Waals surface area contributed by atoms with E-state index in [0.717, 1.165) is 12.8 Å². The standard InChI is InChI=1S/C14H29NO3/c1-7-9-15-14(6,12(16)17)10-11(3)18-13(4,5)8-2/h11,15H,7-10H2,1-6H3,(H,16,17). The summed E-state index contributed by atoms with van der Waals surface area (Å²) in [6, 6.07) is 0. The zero-order chi connectivity index (χ0) is 14.4. The van der Waals surface area contributed by atoms with Gasteiger partial charge >= 0.3 is 5.97 Å². The second-order valence-electron chi connectivity index (χ2n) is 5.81. The Hall–Kier alpha value is -0.610. The molecule has 2 atom stereocenters. The lowest BCUT2D eigenvalue weighted by Gasteiger charge is -2.33. The molecule has 0 aliphatic heterocycles. The first-order valence-electron chi connectivity index (χ1n) is 6.83. The third kappa shape index (κ3) is 5.83. The van der Waals surface area contributed by atoms with Crippen LogP contribution in [-0.2, 0) is 9.53 Å².